The SMILES string of the molecule is CC(C)C(C)Sc1cc(Br)ccc1CN. The number of halogens is 1. The fourth-order valence-electron chi connectivity index (χ4n) is 1.14. The van der Waals surface area contributed by atoms with Crippen molar-refractivity contribution in [1.29, 1.82) is 0 Å². The first kappa shape index (κ1) is 13.1. The van der Waals surface area contributed by atoms with Crippen LogP contribution in [0.1, 0.15) is 26.3 Å². The van der Waals surface area contributed by atoms with Crippen molar-refractivity contribution >= 4 is 27.7 Å². The molecule has 15 heavy (non-hydrogen) atoms. The number of hydrogen-bond donors (Lipinski definition) is 1. The molecule has 0 saturated heterocycles. The Hall–Kier alpha value is 0.01000. The summed E-state index contributed by atoms with van der Waals surface area (Å²) in [4.78, 5) is 1.30. The van der Waals surface area contributed by atoms with Crippen LogP contribution in [-0.2, 0) is 6.54 Å². The van der Waals surface area contributed by atoms with Crippen molar-refractivity contribution < 1.29 is 0 Å². The fourth-order valence-corrected chi connectivity index (χ4v) is 2.83. The molecule has 1 atom stereocenters. The summed E-state index contributed by atoms with van der Waals surface area (Å²) in [6.45, 7) is 7.37. The van der Waals surface area contributed by atoms with Crippen LogP contribution < -0.4 is 5.73 Å². The molecule has 1 rings (SSSR count). The molecule has 0 aliphatic rings. The van der Waals surface area contributed by atoms with Crippen LogP contribution in [0.15, 0.2) is 27.6 Å². The quantitative estimate of drug-likeness (QED) is 0.846. The predicted molar refractivity (Wildman–Crippen MR) is 72.2 cm³/mol. The van der Waals surface area contributed by atoms with Gasteiger partial charge >= 0.3 is 0 Å². The third-order valence-electron chi connectivity index (χ3n) is 2.50. The molecule has 0 saturated carbocycles. The molecule has 0 aromatic heterocycles. The minimum atomic E-state index is 0.612. The summed E-state index contributed by atoms with van der Waals surface area (Å²) < 4.78 is 1.12. The lowest BCUT2D eigenvalue weighted by atomic mass is 10.2. The molecule has 1 nitrogen and oxygen atoms in total. The second-order valence-corrected chi connectivity index (χ2v) is 6.36. The largest absolute Gasteiger partial charge is 0.326 e. The van der Waals surface area contributed by atoms with Gasteiger partial charge in [0, 0.05) is 21.2 Å². The van der Waals surface area contributed by atoms with Crippen LogP contribution >= 0.6 is 27.7 Å². The van der Waals surface area contributed by atoms with E-state index in [2.05, 4.69) is 48.8 Å². The van der Waals surface area contributed by atoms with E-state index in [0.29, 0.717) is 17.7 Å². The monoisotopic (exact) mass is 287 g/mol. The molecule has 0 radical (unpaired) electrons. The third-order valence-corrected chi connectivity index (χ3v) is 4.54. The Morgan fingerprint density at radius 3 is 2.53 bits per heavy atom. The van der Waals surface area contributed by atoms with Crippen LogP contribution in [0.3, 0.4) is 0 Å². The van der Waals surface area contributed by atoms with Gasteiger partial charge in [0.05, 0.1) is 0 Å². The normalized spacial score (nSPS) is 13.2. The van der Waals surface area contributed by atoms with Gasteiger partial charge in [-0.25, -0.2) is 0 Å². The van der Waals surface area contributed by atoms with E-state index in [4.69, 9.17) is 5.73 Å². The maximum atomic E-state index is 5.72. The van der Waals surface area contributed by atoms with Crippen molar-refractivity contribution in [3.05, 3.63) is 28.2 Å². The van der Waals surface area contributed by atoms with Gasteiger partial charge in [-0.2, -0.15) is 0 Å². The van der Waals surface area contributed by atoms with Gasteiger partial charge in [-0.3, -0.25) is 0 Å². The highest BCUT2D eigenvalue weighted by Crippen LogP contribution is 2.32. The highest BCUT2D eigenvalue weighted by atomic mass is 79.9. The number of nitrogens with two attached hydrogens (primary N) is 1. The summed E-state index contributed by atoms with van der Waals surface area (Å²) in [5, 5.41) is 0.615. The second-order valence-electron chi connectivity index (χ2n) is 4.02. The molecule has 3 heteroatoms. The lowest BCUT2D eigenvalue weighted by molar-refractivity contribution is 0.642. The summed E-state index contributed by atoms with van der Waals surface area (Å²) in [6, 6.07) is 6.30. The smallest absolute Gasteiger partial charge is 0.0189 e. The van der Waals surface area contributed by atoms with Crippen LogP contribution in [0.5, 0.6) is 0 Å². The number of rotatable bonds is 4. The van der Waals surface area contributed by atoms with E-state index >= 15 is 0 Å². The zero-order valence-electron chi connectivity index (χ0n) is 9.46. The van der Waals surface area contributed by atoms with Gasteiger partial charge < -0.3 is 5.73 Å². The van der Waals surface area contributed by atoms with E-state index in [-0.39, 0.29) is 0 Å². The molecule has 0 aliphatic carbocycles. The van der Waals surface area contributed by atoms with E-state index < -0.39 is 0 Å². The molecular formula is C12H18BrNS. The number of benzene rings is 1. The van der Waals surface area contributed by atoms with Crippen LogP contribution in [0, 0.1) is 5.92 Å². The topological polar surface area (TPSA) is 26.0 Å². The third kappa shape index (κ3) is 3.82. The van der Waals surface area contributed by atoms with Crippen molar-refractivity contribution in [2.75, 3.05) is 0 Å². The maximum absolute atomic E-state index is 5.72. The van der Waals surface area contributed by atoms with Gasteiger partial charge in [-0.1, -0.05) is 42.8 Å². The van der Waals surface area contributed by atoms with Crippen molar-refractivity contribution in [3.8, 4) is 0 Å². The van der Waals surface area contributed by atoms with E-state index in [1.807, 2.05) is 17.8 Å². The summed E-state index contributed by atoms with van der Waals surface area (Å²) in [5.74, 6) is 0.680. The van der Waals surface area contributed by atoms with Crippen molar-refractivity contribution in [1.82, 2.24) is 0 Å². The van der Waals surface area contributed by atoms with Gasteiger partial charge in [0.2, 0.25) is 0 Å². The first-order valence-electron chi connectivity index (χ1n) is 5.19. The van der Waals surface area contributed by atoms with Crippen LogP contribution in [0.2, 0.25) is 0 Å². The zero-order chi connectivity index (χ0) is 11.4. The van der Waals surface area contributed by atoms with Crippen molar-refractivity contribution in [3.63, 3.8) is 0 Å². The first-order valence-corrected chi connectivity index (χ1v) is 6.87. The Morgan fingerprint density at radius 2 is 2.00 bits per heavy atom. The molecule has 0 amide bonds. The molecule has 2 N–H and O–H groups in total. The zero-order valence-corrected chi connectivity index (χ0v) is 11.9. The van der Waals surface area contributed by atoms with Crippen molar-refractivity contribution in [2.24, 2.45) is 11.7 Å². The molecule has 1 aromatic rings. The molecule has 0 spiro atoms. The summed E-state index contributed by atoms with van der Waals surface area (Å²) >= 11 is 5.41. The van der Waals surface area contributed by atoms with Gasteiger partial charge in [0.15, 0.2) is 0 Å². The van der Waals surface area contributed by atoms with Gasteiger partial charge in [-0.15, -0.1) is 11.8 Å². The average molecular weight is 288 g/mol. The Labute approximate surface area is 105 Å². The lowest BCUT2D eigenvalue weighted by Gasteiger charge is -2.17. The van der Waals surface area contributed by atoms with Gasteiger partial charge in [-0.05, 0) is 23.6 Å². The van der Waals surface area contributed by atoms with Gasteiger partial charge in [0.25, 0.3) is 0 Å². The van der Waals surface area contributed by atoms with E-state index in [9.17, 15) is 0 Å². The maximum Gasteiger partial charge on any atom is 0.0189 e. The molecule has 0 fully saturated rings. The highest BCUT2D eigenvalue weighted by Gasteiger charge is 2.11. The minimum Gasteiger partial charge on any atom is -0.326 e. The van der Waals surface area contributed by atoms with E-state index in [1.165, 1.54) is 10.5 Å². The Kier molecular flexibility index (Phi) is 5.16. The van der Waals surface area contributed by atoms with E-state index in [1.54, 1.807) is 0 Å². The number of thioether (sulfide) groups is 1. The highest BCUT2D eigenvalue weighted by molar-refractivity contribution is 9.10. The van der Waals surface area contributed by atoms with Crippen molar-refractivity contribution in [2.45, 2.75) is 37.5 Å². The second kappa shape index (κ2) is 5.92. The molecule has 1 aromatic carbocycles. The Morgan fingerprint density at radius 1 is 1.33 bits per heavy atom. The predicted octanol–water partition coefficient (Wildman–Crippen LogP) is 4.04. The summed E-state index contributed by atoms with van der Waals surface area (Å²) in [7, 11) is 0. The standard InChI is InChI=1S/C12H18BrNS/c1-8(2)9(3)15-12-6-11(13)5-4-10(12)7-14/h4-6,8-9H,7,14H2,1-3H3. The minimum absolute atomic E-state index is 0.612. The van der Waals surface area contributed by atoms with Crippen LogP contribution in [-0.4, -0.2) is 5.25 Å². The molecule has 1 unspecified atom stereocenters. The fraction of sp³-hybridized carbons (Fsp3) is 0.500. The average Bonchev–Trinajstić information content (AvgIpc) is 2.18. The molecule has 0 bridgehead atoms. The summed E-state index contributed by atoms with van der Waals surface area (Å²) in [6.07, 6.45) is 0. The molecule has 0 aliphatic heterocycles. The Balaban J connectivity index is 2.87. The lowest BCUT2D eigenvalue weighted by Crippen LogP contribution is -2.07. The summed E-state index contributed by atoms with van der Waals surface area (Å²) in [5.41, 5.74) is 6.96. The van der Waals surface area contributed by atoms with Crippen LogP contribution in [0.4, 0.5) is 0 Å². The molecular weight excluding hydrogens is 270 g/mol. The molecule has 0 heterocycles. The first-order chi connectivity index (χ1) is 7.04. The van der Waals surface area contributed by atoms with Crippen LogP contribution in [0.25, 0.3) is 0 Å². The number of hydrogen-bond acceptors (Lipinski definition) is 2. The Bertz CT molecular complexity index is 325. The van der Waals surface area contributed by atoms with Gasteiger partial charge in [0.1, 0.15) is 0 Å². The van der Waals surface area contributed by atoms with E-state index in [0.717, 1.165) is 4.47 Å². The molecule has 84 valence electrons.